The molecule has 2 aromatic heterocycles. The molecule has 0 fully saturated rings. The first-order valence-electron chi connectivity index (χ1n) is 12.2. The molecule has 5 aromatic rings. The Morgan fingerprint density at radius 1 is 0.846 bits per heavy atom. The van der Waals surface area contributed by atoms with Gasteiger partial charge < -0.3 is 14.4 Å². The summed E-state index contributed by atoms with van der Waals surface area (Å²) in [5, 5.41) is 11.2. The average molecular weight is 552 g/mol. The van der Waals surface area contributed by atoms with Gasteiger partial charge >= 0.3 is 29.6 Å². The maximum atomic E-state index is 11.2. The summed E-state index contributed by atoms with van der Waals surface area (Å²) < 4.78 is 39.7. The Kier molecular flexibility index (Phi) is 9.42. The number of hydrogen-bond acceptors (Lipinski definition) is 7. The van der Waals surface area contributed by atoms with Gasteiger partial charge in [-0.25, -0.2) is 18.4 Å². The number of imidazole rings is 1. The topological polar surface area (TPSA) is 117 Å². The van der Waals surface area contributed by atoms with Gasteiger partial charge in [-0.05, 0) is 29.7 Å². The first-order valence-corrected chi connectivity index (χ1v) is 13.8. The summed E-state index contributed by atoms with van der Waals surface area (Å²) in [4.78, 5) is 9.70. The Morgan fingerprint density at radius 3 is 2.23 bits per heavy atom. The van der Waals surface area contributed by atoms with Gasteiger partial charge in [-0.3, -0.25) is 4.40 Å². The van der Waals surface area contributed by atoms with Gasteiger partial charge in [0.1, 0.15) is 11.4 Å². The molecule has 10 heteroatoms. The predicted molar refractivity (Wildman–Crippen MR) is 143 cm³/mol. The van der Waals surface area contributed by atoms with Gasteiger partial charge in [0, 0.05) is 30.4 Å². The van der Waals surface area contributed by atoms with Crippen LogP contribution in [0.3, 0.4) is 0 Å². The summed E-state index contributed by atoms with van der Waals surface area (Å²) in [6.45, 7) is 0.112. The van der Waals surface area contributed by atoms with Crippen molar-refractivity contribution in [3.8, 4) is 22.9 Å². The minimum Gasteiger partial charge on any atom is -0.748 e. The van der Waals surface area contributed by atoms with Crippen LogP contribution in [0.1, 0.15) is 28.9 Å². The van der Waals surface area contributed by atoms with Crippen molar-refractivity contribution >= 4 is 15.8 Å². The van der Waals surface area contributed by atoms with E-state index >= 15 is 0 Å². The summed E-state index contributed by atoms with van der Waals surface area (Å²) >= 11 is 0. The van der Waals surface area contributed by atoms with Crippen molar-refractivity contribution in [2.75, 3.05) is 12.4 Å². The molecule has 5 rings (SSSR count). The maximum absolute atomic E-state index is 11.2. The van der Waals surface area contributed by atoms with E-state index < -0.39 is 15.9 Å². The van der Waals surface area contributed by atoms with Crippen LogP contribution in [-0.4, -0.2) is 44.8 Å². The van der Waals surface area contributed by atoms with Crippen LogP contribution in [-0.2, 0) is 23.0 Å². The normalized spacial score (nSPS) is 11.3. The third kappa shape index (κ3) is 7.46. The first-order chi connectivity index (χ1) is 18.4. The van der Waals surface area contributed by atoms with Crippen LogP contribution >= 0.6 is 0 Å². The van der Waals surface area contributed by atoms with Crippen molar-refractivity contribution in [2.24, 2.45) is 0 Å². The summed E-state index contributed by atoms with van der Waals surface area (Å²) in [5.74, 6) is 0.124. The number of ether oxygens (including phenoxy) is 1. The van der Waals surface area contributed by atoms with Crippen LogP contribution in [0.5, 0.6) is 11.6 Å². The minimum atomic E-state index is -4.26. The number of nitrogens with zero attached hydrogens (tertiary/aromatic N) is 3. The summed E-state index contributed by atoms with van der Waals surface area (Å²) in [5.41, 5.74) is 5.47. The SMILES string of the molecule is O=S(=O)([O-])CCCOc1cccc(Cc2nc3c(Cc4ccccc4)nc(-c4ccccc4)cn3c2O)c1.[Na+]. The monoisotopic (exact) mass is 551 g/mol. The fourth-order valence-electron chi connectivity index (χ4n) is 4.28. The van der Waals surface area contributed by atoms with Crippen LogP contribution in [0.15, 0.2) is 91.1 Å². The van der Waals surface area contributed by atoms with Gasteiger partial charge in [0.25, 0.3) is 0 Å². The Balaban J connectivity index is 0.00000353. The largest absolute Gasteiger partial charge is 1.00 e. The van der Waals surface area contributed by atoms with Crippen LogP contribution < -0.4 is 34.3 Å². The Hall–Kier alpha value is -3.21. The zero-order valence-corrected chi connectivity index (χ0v) is 24.3. The number of aromatic nitrogens is 3. The molecule has 0 radical (unpaired) electrons. The van der Waals surface area contributed by atoms with E-state index in [2.05, 4.69) is 0 Å². The molecule has 1 N–H and O–H groups in total. The van der Waals surface area contributed by atoms with Crippen molar-refractivity contribution in [2.45, 2.75) is 19.3 Å². The van der Waals surface area contributed by atoms with Crippen LogP contribution in [0.25, 0.3) is 16.9 Å². The molecular weight excluding hydrogens is 525 g/mol. The van der Waals surface area contributed by atoms with E-state index in [4.69, 9.17) is 14.7 Å². The second kappa shape index (κ2) is 12.8. The van der Waals surface area contributed by atoms with E-state index in [9.17, 15) is 18.1 Å². The Bertz CT molecular complexity index is 1660. The molecule has 0 aliphatic carbocycles. The van der Waals surface area contributed by atoms with Gasteiger partial charge in [-0.15, -0.1) is 0 Å². The summed E-state index contributed by atoms with van der Waals surface area (Å²) in [7, 11) is -4.26. The van der Waals surface area contributed by atoms with Crippen molar-refractivity contribution in [3.63, 3.8) is 0 Å². The van der Waals surface area contributed by atoms with E-state index in [0.29, 0.717) is 29.9 Å². The smallest absolute Gasteiger partial charge is 0.748 e. The first kappa shape index (κ1) is 28.8. The predicted octanol–water partition coefficient (Wildman–Crippen LogP) is 1.60. The molecule has 2 heterocycles. The van der Waals surface area contributed by atoms with Crippen LogP contribution in [0, 0.1) is 0 Å². The number of aromatic hydroxyl groups is 1. The molecule has 39 heavy (non-hydrogen) atoms. The number of benzene rings is 3. The molecule has 3 aromatic carbocycles. The van der Waals surface area contributed by atoms with Crippen molar-refractivity contribution < 1.29 is 52.4 Å². The molecule has 8 nitrogen and oxygen atoms in total. The molecule has 194 valence electrons. The second-order valence-electron chi connectivity index (χ2n) is 8.96. The Labute approximate surface area is 249 Å². The molecule has 0 spiro atoms. The number of hydrogen-bond donors (Lipinski definition) is 1. The number of rotatable bonds is 10. The third-order valence-electron chi connectivity index (χ3n) is 6.08. The van der Waals surface area contributed by atoms with Gasteiger partial charge in [-0.1, -0.05) is 72.8 Å². The molecule has 0 saturated heterocycles. The molecule has 0 atom stereocenters. The summed E-state index contributed by atoms with van der Waals surface area (Å²) in [6.07, 6.45) is 2.83. The third-order valence-corrected chi connectivity index (χ3v) is 6.87. The minimum absolute atomic E-state index is 0. The average Bonchev–Trinajstić information content (AvgIpc) is 3.23. The molecule has 0 saturated carbocycles. The molecule has 0 amide bonds. The molecule has 0 unspecified atom stereocenters. The quantitative estimate of drug-likeness (QED) is 0.159. The second-order valence-corrected chi connectivity index (χ2v) is 10.5. The van der Waals surface area contributed by atoms with Crippen LogP contribution in [0.2, 0.25) is 0 Å². The van der Waals surface area contributed by atoms with Gasteiger partial charge in [0.2, 0.25) is 5.88 Å². The van der Waals surface area contributed by atoms with Gasteiger partial charge in [0.05, 0.1) is 28.1 Å². The van der Waals surface area contributed by atoms with Crippen molar-refractivity contribution in [1.29, 1.82) is 0 Å². The molecule has 0 aliphatic rings. The van der Waals surface area contributed by atoms with Crippen LogP contribution in [0.4, 0.5) is 0 Å². The van der Waals surface area contributed by atoms with E-state index in [1.54, 1.807) is 16.7 Å². The van der Waals surface area contributed by atoms with E-state index in [1.807, 2.05) is 78.9 Å². The van der Waals surface area contributed by atoms with Crippen molar-refractivity contribution in [3.05, 3.63) is 114 Å². The molecule has 0 bridgehead atoms. The Morgan fingerprint density at radius 2 is 1.51 bits per heavy atom. The summed E-state index contributed by atoms with van der Waals surface area (Å²) in [6, 6.07) is 27.1. The molecular formula is C29H26N3NaO5S. The zero-order chi connectivity index (χ0) is 26.5. The standard InChI is InChI=1S/C29H27N3O5S.Na/c33-29-26(19-22-11-7-14-24(17-22)37-15-8-16-38(34,35)36)31-28-25(18-21-9-3-1-4-10-21)30-27(20-32(28)29)23-12-5-2-6-13-23;/h1-7,9-14,17,20,33H,8,15-16,18-19H2,(H,34,35,36);/q;+1/p-1. The fraction of sp³-hybridized carbons (Fsp3) is 0.172. The van der Waals surface area contributed by atoms with Crippen molar-refractivity contribution in [1.82, 2.24) is 14.4 Å². The fourth-order valence-corrected chi connectivity index (χ4v) is 4.75. The van der Waals surface area contributed by atoms with E-state index in [0.717, 1.165) is 28.1 Å². The van der Waals surface area contributed by atoms with E-state index in [1.165, 1.54) is 0 Å². The molecule has 0 aliphatic heterocycles. The van der Waals surface area contributed by atoms with Gasteiger partial charge in [-0.2, -0.15) is 0 Å². The van der Waals surface area contributed by atoms with E-state index in [-0.39, 0.29) is 48.5 Å². The number of fused-ring (bicyclic) bond motifs is 1. The maximum Gasteiger partial charge on any atom is 1.00 e. The van der Waals surface area contributed by atoms with Gasteiger partial charge in [0.15, 0.2) is 5.65 Å². The zero-order valence-electron chi connectivity index (χ0n) is 21.5.